The van der Waals surface area contributed by atoms with Gasteiger partial charge < -0.3 is 35.5 Å². The van der Waals surface area contributed by atoms with Crippen LogP contribution in [0.15, 0.2) is 18.6 Å². The van der Waals surface area contributed by atoms with Gasteiger partial charge in [0.1, 0.15) is 30.0 Å². The molecule has 0 aromatic carbocycles. The number of anilines is 1. The summed E-state index contributed by atoms with van der Waals surface area (Å²) in [5.74, 6) is 0.267. The highest BCUT2D eigenvalue weighted by Gasteiger charge is 2.56. The van der Waals surface area contributed by atoms with E-state index in [4.69, 9.17) is 10.5 Å². The third kappa shape index (κ3) is 1.90. The number of nitrogens with zero attached hydrogens (tertiary/aromatic N) is 3. The molecule has 1 aliphatic heterocycles. The van der Waals surface area contributed by atoms with Crippen molar-refractivity contribution in [1.29, 1.82) is 0 Å². The molecule has 1 fully saturated rings. The molecule has 0 amide bonds. The lowest BCUT2D eigenvalue weighted by molar-refractivity contribution is -0.132. The van der Waals surface area contributed by atoms with E-state index < -0.39 is 37.3 Å². The molecule has 1 aliphatic rings. The van der Waals surface area contributed by atoms with Gasteiger partial charge in [-0.25, -0.2) is 9.97 Å². The largest absolute Gasteiger partial charge is 0.394 e. The molecule has 0 spiro atoms. The Kier molecular flexibility index (Phi) is 3.30. The fourth-order valence-electron chi connectivity index (χ4n) is 2.63. The van der Waals surface area contributed by atoms with Crippen LogP contribution in [-0.4, -0.2) is 66.0 Å². The summed E-state index contributed by atoms with van der Waals surface area (Å²) in [6.45, 7) is -1.23. The predicted octanol–water partition coefficient (Wildman–Crippen LogP) is -2.01. The Bertz CT molecular complexity index is 662. The van der Waals surface area contributed by atoms with Crippen LogP contribution in [0.1, 0.15) is 6.23 Å². The molecule has 6 N–H and O–H groups in total. The summed E-state index contributed by atoms with van der Waals surface area (Å²) >= 11 is 0. The summed E-state index contributed by atoms with van der Waals surface area (Å²) in [7, 11) is 0. The average Bonchev–Trinajstić information content (AvgIpc) is 3.01. The summed E-state index contributed by atoms with van der Waals surface area (Å²) in [6.07, 6.45) is -0.728. The zero-order valence-corrected chi connectivity index (χ0v) is 11.0. The Hall–Kier alpha value is -1.78. The predicted molar refractivity (Wildman–Crippen MR) is 71.0 cm³/mol. The SMILES string of the molecule is Nc1ncnc2c1ccn2[C@@H]1O[C@H](CO)C(O)C1(O)CO. The molecule has 9 heteroatoms. The second-order valence-corrected chi connectivity index (χ2v) is 5.02. The summed E-state index contributed by atoms with van der Waals surface area (Å²) in [6, 6.07) is 1.64. The summed E-state index contributed by atoms with van der Waals surface area (Å²) in [4.78, 5) is 7.94. The third-order valence-electron chi connectivity index (χ3n) is 3.82. The molecule has 0 bridgehead atoms. The topological polar surface area (TPSA) is 147 Å². The van der Waals surface area contributed by atoms with Gasteiger partial charge >= 0.3 is 0 Å². The lowest BCUT2D eigenvalue weighted by Crippen LogP contribution is -2.49. The second kappa shape index (κ2) is 4.90. The van der Waals surface area contributed by atoms with Crippen molar-refractivity contribution in [2.24, 2.45) is 0 Å². The average molecular weight is 296 g/mol. The summed E-state index contributed by atoms with van der Waals surface area (Å²) in [5, 5.41) is 39.8. The molecule has 3 rings (SSSR count). The fraction of sp³-hybridized carbons (Fsp3) is 0.500. The van der Waals surface area contributed by atoms with Gasteiger partial charge in [-0.05, 0) is 6.07 Å². The Morgan fingerprint density at radius 2 is 2.14 bits per heavy atom. The molecule has 0 saturated carbocycles. The molecular formula is C12H16N4O5. The van der Waals surface area contributed by atoms with Crippen LogP contribution in [0.5, 0.6) is 0 Å². The van der Waals surface area contributed by atoms with E-state index >= 15 is 0 Å². The normalized spacial score (nSPS) is 32.9. The molecule has 3 heterocycles. The number of nitrogen functional groups attached to an aromatic ring is 1. The van der Waals surface area contributed by atoms with Gasteiger partial charge in [-0.1, -0.05) is 0 Å². The Morgan fingerprint density at radius 3 is 2.81 bits per heavy atom. The van der Waals surface area contributed by atoms with Crippen LogP contribution in [0.4, 0.5) is 5.82 Å². The van der Waals surface area contributed by atoms with E-state index in [2.05, 4.69) is 9.97 Å². The first-order chi connectivity index (χ1) is 10.0. The Balaban J connectivity index is 2.11. The minimum atomic E-state index is -1.96. The zero-order chi connectivity index (χ0) is 15.2. The molecule has 9 nitrogen and oxygen atoms in total. The minimum Gasteiger partial charge on any atom is -0.394 e. The van der Waals surface area contributed by atoms with Gasteiger partial charge in [-0.2, -0.15) is 0 Å². The van der Waals surface area contributed by atoms with Crippen LogP contribution >= 0.6 is 0 Å². The number of ether oxygens (including phenoxy) is 1. The smallest absolute Gasteiger partial charge is 0.169 e. The van der Waals surface area contributed by atoms with Crippen molar-refractivity contribution in [1.82, 2.24) is 14.5 Å². The monoisotopic (exact) mass is 296 g/mol. The summed E-state index contributed by atoms with van der Waals surface area (Å²) in [5.41, 5.74) is 4.18. The van der Waals surface area contributed by atoms with Gasteiger partial charge in [0.15, 0.2) is 11.8 Å². The first kappa shape index (κ1) is 14.2. The second-order valence-electron chi connectivity index (χ2n) is 5.02. The maximum Gasteiger partial charge on any atom is 0.169 e. The fourth-order valence-corrected chi connectivity index (χ4v) is 2.63. The zero-order valence-electron chi connectivity index (χ0n) is 11.0. The first-order valence-electron chi connectivity index (χ1n) is 6.37. The van der Waals surface area contributed by atoms with E-state index in [1.165, 1.54) is 10.9 Å². The van der Waals surface area contributed by atoms with Crippen molar-refractivity contribution in [2.75, 3.05) is 18.9 Å². The number of rotatable bonds is 3. The molecule has 0 aliphatic carbocycles. The van der Waals surface area contributed by atoms with Gasteiger partial charge in [0.2, 0.25) is 0 Å². The number of hydrogen-bond donors (Lipinski definition) is 5. The van der Waals surface area contributed by atoms with Gasteiger partial charge in [-0.3, -0.25) is 0 Å². The Labute approximate surface area is 119 Å². The number of aliphatic hydroxyl groups is 4. The summed E-state index contributed by atoms with van der Waals surface area (Å²) < 4.78 is 6.92. The molecule has 21 heavy (non-hydrogen) atoms. The maximum atomic E-state index is 10.5. The van der Waals surface area contributed by atoms with Gasteiger partial charge in [-0.15, -0.1) is 0 Å². The van der Waals surface area contributed by atoms with Gasteiger partial charge in [0.25, 0.3) is 0 Å². The highest BCUT2D eigenvalue weighted by molar-refractivity contribution is 5.86. The molecular weight excluding hydrogens is 280 g/mol. The maximum absolute atomic E-state index is 10.5. The number of fused-ring (bicyclic) bond motifs is 1. The van der Waals surface area contributed by atoms with E-state index in [-0.39, 0.29) is 5.82 Å². The van der Waals surface area contributed by atoms with E-state index in [1.54, 1.807) is 12.3 Å². The number of hydrogen-bond acceptors (Lipinski definition) is 8. The van der Waals surface area contributed by atoms with Crippen LogP contribution in [0.3, 0.4) is 0 Å². The van der Waals surface area contributed by atoms with Crippen molar-refractivity contribution in [3.63, 3.8) is 0 Å². The van der Waals surface area contributed by atoms with Crippen LogP contribution in [0.2, 0.25) is 0 Å². The van der Waals surface area contributed by atoms with Crippen LogP contribution in [0, 0.1) is 0 Å². The van der Waals surface area contributed by atoms with E-state index in [0.29, 0.717) is 11.0 Å². The molecule has 4 atom stereocenters. The highest BCUT2D eigenvalue weighted by Crippen LogP contribution is 2.39. The third-order valence-corrected chi connectivity index (χ3v) is 3.82. The quantitative estimate of drug-likeness (QED) is 0.436. The molecule has 1 saturated heterocycles. The van der Waals surface area contributed by atoms with Crippen molar-refractivity contribution < 1.29 is 25.2 Å². The number of aromatic nitrogens is 3. The van der Waals surface area contributed by atoms with Crippen molar-refractivity contribution in [2.45, 2.75) is 24.0 Å². The lowest BCUT2D eigenvalue weighted by Gasteiger charge is -2.29. The van der Waals surface area contributed by atoms with Crippen LogP contribution < -0.4 is 5.73 Å². The van der Waals surface area contributed by atoms with E-state index in [0.717, 1.165) is 0 Å². The molecule has 2 unspecified atom stereocenters. The van der Waals surface area contributed by atoms with Gasteiger partial charge in [0.05, 0.1) is 18.6 Å². The van der Waals surface area contributed by atoms with Crippen LogP contribution in [0.25, 0.3) is 11.0 Å². The van der Waals surface area contributed by atoms with Crippen molar-refractivity contribution in [3.8, 4) is 0 Å². The lowest BCUT2D eigenvalue weighted by atomic mass is 9.95. The molecule has 2 aromatic heterocycles. The standard InChI is InChI=1S/C12H16N4O5/c13-9-6-1-2-16(10(6)15-5-14-9)11-12(20,4-18)8(19)7(3-17)21-11/h1-2,5,7-8,11,17-20H,3-4H2,(H2,13,14,15)/t7-,8?,11-,12?/m1/s1. The number of aliphatic hydroxyl groups excluding tert-OH is 3. The number of nitrogens with two attached hydrogens (primary N) is 1. The molecule has 0 radical (unpaired) electrons. The van der Waals surface area contributed by atoms with E-state index in [9.17, 15) is 20.4 Å². The highest BCUT2D eigenvalue weighted by atomic mass is 16.6. The molecule has 114 valence electrons. The van der Waals surface area contributed by atoms with Gasteiger partial charge in [0, 0.05) is 6.20 Å². The van der Waals surface area contributed by atoms with Crippen molar-refractivity contribution >= 4 is 16.9 Å². The molecule has 2 aromatic rings. The van der Waals surface area contributed by atoms with Crippen LogP contribution in [-0.2, 0) is 4.74 Å². The van der Waals surface area contributed by atoms with E-state index in [1.807, 2.05) is 0 Å². The minimum absolute atomic E-state index is 0.267. The first-order valence-corrected chi connectivity index (χ1v) is 6.37. The van der Waals surface area contributed by atoms with Crippen molar-refractivity contribution in [3.05, 3.63) is 18.6 Å². The Morgan fingerprint density at radius 1 is 1.38 bits per heavy atom.